The lowest BCUT2D eigenvalue weighted by Crippen LogP contribution is -2.40. The van der Waals surface area contributed by atoms with Crippen molar-refractivity contribution in [1.29, 1.82) is 0 Å². The van der Waals surface area contributed by atoms with Crippen molar-refractivity contribution in [3.05, 3.63) is 11.9 Å². The fourth-order valence-corrected chi connectivity index (χ4v) is 2.91. The largest absolute Gasteiger partial charge is 0.345 e. The van der Waals surface area contributed by atoms with Gasteiger partial charge in [0.15, 0.2) is 0 Å². The van der Waals surface area contributed by atoms with Crippen molar-refractivity contribution in [1.82, 2.24) is 29.8 Å². The maximum absolute atomic E-state index is 12.3. The zero-order valence-electron chi connectivity index (χ0n) is 13.7. The summed E-state index contributed by atoms with van der Waals surface area (Å²) in [5.74, 6) is -0.232. The van der Waals surface area contributed by atoms with Gasteiger partial charge in [-0.05, 0) is 26.7 Å². The highest BCUT2D eigenvalue weighted by Gasteiger charge is 2.22. The van der Waals surface area contributed by atoms with Crippen molar-refractivity contribution in [2.45, 2.75) is 32.7 Å². The minimum atomic E-state index is -0.479. The van der Waals surface area contributed by atoms with Gasteiger partial charge in [0.05, 0.1) is 18.4 Å². The van der Waals surface area contributed by atoms with Crippen LogP contribution >= 0.6 is 0 Å². The molecule has 8 heteroatoms. The lowest BCUT2D eigenvalue weighted by atomic mass is 10.3. The molecule has 0 spiro atoms. The van der Waals surface area contributed by atoms with Crippen LogP contribution in [0.3, 0.4) is 0 Å². The van der Waals surface area contributed by atoms with Crippen LogP contribution in [0.1, 0.15) is 31.5 Å². The molecule has 0 radical (unpaired) electrons. The molecule has 0 aromatic carbocycles. The van der Waals surface area contributed by atoms with Gasteiger partial charge >= 0.3 is 0 Å². The molecular formula is C15H22N6O2. The third kappa shape index (κ3) is 2.93. The number of likely N-dealkylation sites (tertiary alicyclic amines) is 1. The molecule has 0 bridgehead atoms. The van der Waals surface area contributed by atoms with Gasteiger partial charge in [0.1, 0.15) is 17.1 Å². The number of carbonyl (C=O) groups excluding carboxylic acids is 2. The molecule has 23 heavy (non-hydrogen) atoms. The summed E-state index contributed by atoms with van der Waals surface area (Å²) in [5, 5.41) is 11.4. The molecule has 8 nitrogen and oxygen atoms in total. The van der Waals surface area contributed by atoms with E-state index in [4.69, 9.17) is 0 Å². The summed E-state index contributed by atoms with van der Waals surface area (Å²) >= 11 is 0. The van der Waals surface area contributed by atoms with Gasteiger partial charge in [-0.3, -0.25) is 19.0 Å². The van der Waals surface area contributed by atoms with Crippen molar-refractivity contribution in [3.8, 4) is 0 Å². The van der Waals surface area contributed by atoms with Crippen LogP contribution in [0.25, 0.3) is 11.0 Å². The number of fused-ring (bicyclic) bond motifs is 1. The summed E-state index contributed by atoms with van der Waals surface area (Å²) in [6.45, 7) is 5.29. The zero-order valence-corrected chi connectivity index (χ0v) is 13.7. The van der Waals surface area contributed by atoms with E-state index in [9.17, 15) is 9.59 Å². The topological polar surface area (TPSA) is 85.0 Å². The van der Waals surface area contributed by atoms with Gasteiger partial charge in [-0.25, -0.2) is 0 Å². The summed E-state index contributed by atoms with van der Waals surface area (Å²) in [6, 6.07) is -0.479. The molecule has 1 fully saturated rings. The van der Waals surface area contributed by atoms with Gasteiger partial charge in [0, 0.05) is 20.1 Å². The second-order valence-electron chi connectivity index (χ2n) is 6.03. The molecule has 1 aliphatic rings. The average molecular weight is 318 g/mol. The smallest absolute Gasteiger partial charge is 0.245 e. The van der Waals surface area contributed by atoms with Crippen LogP contribution < -0.4 is 5.32 Å². The summed E-state index contributed by atoms with van der Waals surface area (Å²) in [4.78, 5) is 26.0. The number of aromatic nitrogens is 4. The molecule has 1 N–H and O–H groups in total. The molecule has 0 saturated carbocycles. The number of rotatable bonds is 4. The van der Waals surface area contributed by atoms with Crippen molar-refractivity contribution >= 4 is 22.8 Å². The monoisotopic (exact) mass is 318 g/mol. The first-order valence-corrected chi connectivity index (χ1v) is 7.91. The van der Waals surface area contributed by atoms with E-state index in [1.807, 2.05) is 20.2 Å². The van der Waals surface area contributed by atoms with E-state index in [-0.39, 0.29) is 18.4 Å². The van der Waals surface area contributed by atoms with Crippen LogP contribution in [0.15, 0.2) is 6.20 Å². The van der Waals surface area contributed by atoms with Crippen LogP contribution in [0, 0.1) is 6.92 Å². The van der Waals surface area contributed by atoms with Crippen LogP contribution in [-0.4, -0.2) is 55.9 Å². The molecule has 1 aliphatic heterocycles. The molecule has 3 heterocycles. The Morgan fingerprint density at radius 2 is 2.00 bits per heavy atom. The minimum absolute atomic E-state index is 0.0197. The lowest BCUT2D eigenvalue weighted by molar-refractivity contribution is -0.132. The van der Waals surface area contributed by atoms with Crippen LogP contribution in [0.4, 0.5) is 0 Å². The Labute approximate surface area is 134 Å². The first-order chi connectivity index (χ1) is 11.0. The predicted molar refractivity (Wildman–Crippen MR) is 84.8 cm³/mol. The number of aryl methyl sites for hydroxylation is 2. The number of hydrogen-bond donors (Lipinski definition) is 1. The molecule has 1 atom stereocenters. The molecule has 124 valence electrons. The van der Waals surface area contributed by atoms with Crippen LogP contribution in [0.5, 0.6) is 0 Å². The average Bonchev–Trinajstić information content (AvgIpc) is 3.23. The summed E-state index contributed by atoms with van der Waals surface area (Å²) in [7, 11) is 1.85. The number of amides is 2. The summed E-state index contributed by atoms with van der Waals surface area (Å²) in [5.41, 5.74) is 2.51. The van der Waals surface area contributed by atoms with Gasteiger partial charge < -0.3 is 10.2 Å². The van der Waals surface area contributed by atoms with Gasteiger partial charge in [0.25, 0.3) is 0 Å². The Kier molecular flexibility index (Phi) is 4.06. The van der Waals surface area contributed by atoms with Crippen molar-refractivity contribution in [2.24, 2.45) is 7.05 Å². The second kappa shape index (κ2) is 6.02. The number of carbonyl (C=O) groups is 2. The Hall–Kier alpha value is -2.38. The maximum Gasteiger partial charge on any atom is 0.245 e. The highest BCUT2D eigenvalue weighted by molar-refractivity contribution is 5.87. The van der Waals surface area contributed by atoms with Gasteiger partial charge in [-0.15, -0.1) is 0 Å². The summed E-state index contributed by atoms with van der Waals surface area (Å²) in [6.07, 6.45) is 3.90. The van der Waals surface area contributed by atoms with E-state index in [2.05, 4.69) is 15.5 Å². The highest BCUT2D eigenvalue weighted by atomic mass is 16.2. The molecule has 1 saturated heterocycles. The molecule has 0 unspecified atom stereocenters. The molecular weight excluding hydrogens is 296 g/mol. The van der Waals surface area contributed by atoms with E-state index >= 15 is 0 Å². The first kappa shape index (κ1) is 15.5. The molecule has 3 rings (SSSR count). The quantitative estimate of drug-likeness (QED) is 0.883. The highest BCUT2D eigenvalue weighted by Crippen LogP contribution is 2.17. The zero-order chi connectivity index (χ0) is 16.6. The van der Waals surface area contributed by atoms with Gasteiger partial charge in [-0.2, -0.15) is 10.2 Å². The fraction of sp³-hybridized carbons (Fsp3) is 0.600. The van der Waals surface area contributed by atoms with Crippen molar-refractivity contribution < 1.29 is 9.59 Å². The van der Waals surface area contributed by atoms with Gasteiger partial charge in [-0.1, -0.05) is 0 Å². The molecule has 2 aromatic rings. The van der Waals surface area contributed by atoms with E-state index in [1.165, 1.54) is 0 Å². The van der Waals surface area contributed by atoms with Crippen molar-refractivity contribution in [2.75, 3.05) is 19.6 Å². The second-order valence-corrected chi connectivity index (χ2v) is 6.03. The Bertz CT molecular complexity index is 706. The van der Waals surface area contributed by atoms with E-state index in [0.717, 1.165) is 42.7 Å². The van der Waals surface area contributed by atoms with Crippen LogP contribution in [-0.2, 0) is 16.6 Å². The normalized spacial score (nSPS) is 16.0. The predicted octanol–water partition coefficient (Wildman–Crippen LogP) is 0.378. The van der Waals surface area contributed by atoms with E-state index in [0.29, 0.717) is 0 Å². The van der Waals surface area contributed by atoms with Gasteiger partial charge in [0.2, 0.25) is 11.8 Å². The SMILES string of the molecule is Cc1nn(C)c2cn([C@H](C)C(=O)NCC(=O)N3CCCC3)nc12. The Morgan fingerprint density at radius 3 is 2.65 bits per heavy atom. The third-order valence-corrected chi connectivity index (χ3v) is 4.35. The third-order valence-electron chi connectivity index (χ3n) is 4.35. The van der Waals surface area contributed by atoms with Crippen molar-refractivity contribution in [3.63, 3.8) is 0 Å². The standard InChI is InChI=1S/C15H22N6O2/c1-10-14-12(19(3)17-10)9-21(18-14)11(2)15(23)16-8-13(22)20-6-4-5-7-20/h9,11H,4-8H2,1-3H3,(H,16,23)/t11-/m1/s1. The van der Waals surface area contributed by atoms with E-state index < -0.39 is 6.04 Å². The Morgan fingerprint density at radius 1 is 1.30 bits per heavy atom. The molecule has 2 aromatic heterocycles. The maximum atomic E-state index is 12.3. The number of hydrogen-bond acceptors (Lipinski definition) is 4. The number of nitrogens with one attached hydrogen (secondary N) is 1. The van der Waals surface area contributed by atoms with Crippen LogP contribution in [0.2, 0.25) is 0 Å². The molecule has 2 amide bonds. The van der Waals surface area contributed by atoms with E-state index in [1.54, 1.807) is 21.2 Å². The summed E-state index contributed by atoms with van der Waals surface area (Å²) < 4.78 is 3.37. The Balaban J connectivity index is 1.63. The number of nitrogens with zero attached hydrogens (tertiary/aromatic N) is 5. The first-order valence-electron chi connectivity index (χ1n) is 7.91. The lowest BCUT2D eigenvalue weighted by Gasteiger charge is -2.17. The fourth-order valence-electron chi connectivity index (χ4n) is 2.91. The minimum Gasteiger partial charge on any atom is -0.345 e. The molecule has 0 aliphatic carbocycles.